The van der Waals surface area contributed by atoms with Gasteiger partial charge in [0, 0.05) is 16.3 Å². The minimum Gasteiger partial charge on any atom is -0.399 e. The van der Waals surface area contributed by atoms with E-state index >= 15 is 0 Å². The number of anilines is 1. The number of hydrogen-bond acceptors (Lipinski definition) is 5. The van der Waals surface area contributed by atoms with E-state index in [1.54, 1.807) is 48.5 Å². The first kappa shape index (κ1) is 19.4. The predicted molar refractivity (Wildman–Crippen MR) is 113 cm³/mol. The number of nitrogen functional groups attached to an aromatic ring is 1. The number of nitrogens with zero attached hydrogens (tertiary/aromatic N) is 3. The maximum Gasteiger partial charge on any atom is 0.229 e. The van der Waals surface area contributed by atoms with E-state index in [-0.39, 0.29) is 14.9 Å². The van der Waals surface area contributed by atoms with Gasteiger partial charge in [-0.15, -0.1) is 5.10 Å². The molecule has 146 valence electrons. The van der Waals surface area contributed by atoms with Crippen LogP contribution in [0.1, 0.15) is 0 Å². The molecule has 0 aliphatic carbocycles. The molecule has 1 aromatic heterocycles. The maximum atomic E-state index is 13.4. The number of nitrogens with two attached hydrogens (primary N) is 1. The lowest BCUT2D eigenvalue weighted by molar-refractivity contribution is 0.592. The molecule has 0 aliphatic heterocycles. The molecule has 0 saturated carbocycles. The van der Waals surface area contributed by atoms with E-state index in [0.29, 0.717) is 27.7 Å². The van der Waals surface area contributed by atoms with E-state index in [2.05, 4.69) is 10.3 Å². The summed E-state index contributed by atoms with van der Waals surface area (Å²) in [5.74, 6) is 0. The lowest BCUT2D eigenvalue weighted by Crippen LogP contribution is -2.06. The van der Waals surface area contributed by atoms with E-state index in [9.17, 15) is 8.42 Å². The molecule has 0 atom stereocenters. The van der Waals surface area contributed by atoms with Gasteiger partial charge in [-0.2, -0.15) is 0 Å². The summed E-state index contributed by atoms with van der Waals surface area (Å²) in [4.78, 5) is -0.0925. The first-order valence-corrected chi connectivity index (χ1v) is 10.7. The quantitative estimate of drug-likeness (QED) is 0.462. The van der Waals surface area contributed by atoms with Crippen molar-refractivity contribution in [1.29, 1.82) is 0 Å². The van der Waals surface area contributed by atoms with Crippen molar-refractivity contribution in [1.82, 2.24) is 15.0 Å². The van der Waals surface area contributed by atoms with Gasteiger partial charge in [-0.1, -0.05) is 58.7 Å². The van der Waals surface area contributed by atoms with Gasteiger partial charge < -0.3 is 5.73 Å². The van der Waals surface area contributed by atoms with Gasteiger partial charge >= 0.3 is 0 Å². The van der Waals surface area contributed by atoms with Gasteiger partial charge in [-0.05, 0) is 42.5 Å². The number of hydrogen-bond donors (Lipinski definition) is 1. The molecule has 6 nitrogen and oxygen atoms in total. The molecule has 0 spiro atoms. The highest BCUT2D eigenvalue weighted by Crippen LogP contribution is 2.35. The molecular formula is C20H14Cl2N4O2S. The topological polar surface area (TPSA) is 90.9 Å². The van der Waals surface area contributed by atoms with Crippen molar-refractivity contribution >= 4 is 38.7 Å². The zero-order valence-corrected chi connectivity index (χ0v) is 17.2. The second-order valence-corrected chi connectivity index (χ2v) is 8.87. The lowest BCUT2D eigenvalue weighted by Gasteiger charge is -2.10. The third kappa shape index (κ3) is 3.60. The van der Waals surface area contributed by atoms with Crippen LogP contribution in [-0.4, -0.2) is 23.4 Å². The molecule has 0 amide bonds. The summed E-state index contributed by atoms with van der Waals surface area (Å²) in [7, 11) is -4.07. The smallest absolute Gasteiger partial charge is 0.229 e. The van der Waals surface area contributed by atoms with E-state index in [0.717, 1.165) is 0 Å². The highest BCUT2D eigenvalue weighted by Gasteiger charge is 2.30. The lowest BCUT2D eigenvalue weighted by atomic mass is 10.1. The van der Waals surface area contributed by atoms with Crippen molar-refractivity contribution in [2.24, 2.45) is 0 Å². The van der Waals surface area contributed by atoms with Crippen molar-refractivity contribution in [3.8, 4) is 16.9 Å². The fraction of sp³-hybridized carbons (Fsp3) is 0. The largest absolute Gasteiger partial charge is 0.399 e. The van der Waals surface area contributed by atoms with E-state index in [1.807, 2.05) is 6.07 Å². The Morgan fingerprint density at radius 1 is 0.897 bits per heavy atom. The van der Waals surface area contributed by atoms with Gasteiger partial charge in [-0.25, -0.2) is 13.1 Å². The molecule has 0 unspecified atom stereocenters. The molecule has 9 heteroatoms. The van der Waals surface area contributed by atoms with Gasteiger partial charge in [-0.3, -0.25) is 0 Å². The van der Waals surface area contributed by atoms with E-state index in [4.69, 9.17) is 28.9 Å². The average Bonchev–Trinajstić information content (AvgIpc) is 3.15. The Morgan fingerprint density at radius 3 is 2.24 bits per heavy atom. The molecule has 4 rings (SSSR count). The summed E-state index contributed by atoms with van der Waals surface area (Å²) < 4.78 is 28.3. The molecule has 2 N–H and O–H groups in total. The van der Waals surface area contributed by atoms with Crippen LogP contribution in [0.4, 0.5) is 5.69 Å². The summed E-state index contributed by atoms with van der Waals surface area (Å²) in [6.45, 7) is 0. The summed E-state index contributed by atoms with van der Waals surface area (Å²) >= 11 is 12.1. The van der Waals surface area contributed by atoms with Crippen molar-refractivity contribution < 1.29 is 8.42 Å². The Balaban J connectivity index is 1.98. The van der Waals surface area contributed by atoms with Crippen LogP contribution in [0.3, 0.4) is 0 Å². The molecule has 4 aromatic rings. The molecule has 1 heterocycles. The number of benzene rings is 3. The summed E-state index contributed by atoms with van der Waals surface area (Å²) in [5.41, 5.74) is 7.92. The van der Waals surface area contributed by atoms with Crippen LogP contribution in [0.25, 0.3) is 16.9 Å². The average molecular weight is 445 g/mol. The fourth-order valence-corrected chi connectivity index (χ4v) is 4.97. The van der Waals surface area contributed by atoms with Gasteiger partial charge in [0.15, 0.2) is 0 Å². The Hall–Kier alpha value is -2.87. The second kappa shape index (κ2) is 7.51. The number of halogens is 2. The van der Waals surface area contributed by atoms with Crippen LogP contribution in [0.5, 0.6) is 0 Å². The monoisotopic (exact) mass is 444 g/mol. The summed E-state index contributed by atoms with van der Waals surface area (Å²) in [6, 6.07) is 20.1. The molecule has 0 aliphatic rings. The van der Waals surface area contributed by atoms with Gasteiger partial charge in [0.2, 0.25) is 14.9 Å². The Labute approximate surface area is 177 Å². The third-order valence-corrected chi connectivity index (χ3v) is 6.64. The zero-order chi connectivity index (χ0) is 20.6. The van der Waals surface area contributed by atoms with Gasteiger partial charge in [0.1, 0.15) is 5.69 Å². The van der Waals surface area contributed by atoms with Crippen LogP contribution in [0.2, 0.25) is 10.0 Å². The number of aromatic nitrogens is 3. The Morgan fingerprint density at radius 2 is 1.59 bits per heavy atom. The van der Waals surface area contributed by atoms with Crippen LogP contribution in [0.15, 0.2) is 82.7 Å². The summed E-state index contributed by atoms with van der Waals surface area (Å²) in [6.07, 6.45) is 0. The van der Waals surface area contributed by atoms with Crippen LogP contribution < -0.4 is 5.73 Å². The Kier molecular flexibility index (Phi) is 5.04. The number of sulfone groups is 1. The fourth-order valence-electron chi connectivity index (χ4n) is 2.88. The molecule has 0 fully saturated rings. The first-order valence-electron chi connectivity index (χ1n) is 8.45. The minimum atomic E-state index is -4.07. The minimum absolute atomic E-state index is 0.0125. The van der Waals surface area contributed by atoms with Crippen LogP contribution in [-0.2, 0) is 9.84 Å². The predicted octanol–water partition coefficient (Wildman–Crippen LogP) is 4.66. The second-order valence-electron chi connectivity index (χ2n) is 6.19. The molecule has 29 heavy (non-hydrogen) atoms. The SMILES string of the molecule is Nc1ccc(-n2nnc(S(=O)(=O)c3ccc(Cl)cc3Cl)c2-c2ccccc2)cc1. The van der Waals surface area contributed by atoms with Crippen LogP contribution in [0, 0.1) is 0 Å². The molecule has 0 bridgehead atoms. The molecule has 0 saturated heterocycles. The standard InChI is InChI=1S/C20H14Cl2N4O2S/c21-14-6-11-18(17(22)12-14)29(27,28)20-19(13-4-2-1-3-5-13)26(25-24-20)16-9-7-15(23)8-10-16/h1-12H,23H2. The highest BCUT2D eigenvalue weighted by molar-refractivity contribution is 7.91. The van der Waals surface area contributed by atoms with E-state index < -0.39 is 9.84 Å². The normalized spacial score (nSPS) is 11.5. The van der Waals surface area contributed by atoms with E-state index in [1.165, 1.54) is 22.9 Å². The van der Waals surface area contributed by atoms with Crippen molar-refractivity contribution in [3.05, 3.63) is 82.8 Å². The zero-order valence-electron chi connectivity index (χ0n) is 14.8. The van der Waals surface area contributed by atoms with Crippen LogP contribution >= 0.6 is 23.2 Å². The maximum absolute atomic E-state index is 13.4. The van der Waals surface area contributed by atoms with Gasteiger partial charge in [0.05, 0.1) is 15.6 Å². The number of rotatable bonds is 4. The molecule has 3 aromatic carbocycles. The highest BCUT2D eigenvalue weighted by atomic mass is 35.5. The Bertz CT molecular complexity index is 1290. The van der Waals surface area contributed by atoms with Crippen molar-refractivity contribution in [2.75, 3.05) is 5.73 Å². The summed E-state index contributed by atoms with van der Waals surface area (Å²) in [5, 5.41) is 8.26. The molecular weight excluding hydrogens is 431 g/mol. The van der Waals surface area contributed by atoms with Crippen molar-refractivity contribution in [2.45, 2.75) is 9.92 Å². The van der Waals surface area contributed by atoms with Crippen molar-refractivity contribution in [3.63, 3.8) is 0 Å². The van der Waals surface area contributed by atoms with Gasteiger partial charge in [0.25, 0.3) is 0 Å². The third-order valence-electron chi connectivity index (χ3n) is 4.26. The molecule has 0 radical (unpaired) electrons. The first-order chi connectivity index (χ1) is 13.9.